The van der Waals surface area contributed by atoms with Gasteiger partial charge in [0.25, 0.3) is 0 Å². The van der Waals surface area contributed by atoms with Crippen molar-refractivity contribution in [3.05, 3.63) is 52.8 Å². The molecule has 0 bridgehead atoms. The fourth-order valence-electron chi connectivity index (χ4n) is 1.94. The lowest BCUT2D eigenvalue weighted by Gasteiger charge is -2.05. The summed E-state index contributed by atoms with van der Waals surface area (Å²) in [5.74, 6) is -1.59. The molecule has 0 unspecified atom stereocenters. The molecule has 6 heteroatoms. The van der Waals surface area contributed by atoms with Gasteiger partial charge in [0.15, 0.2) is 5.58 Å². The molecule has 0 aliphatic heterocycles. The summed E-state index contributed by atoms with van der Waals surface area (Å²) in [6, 6.07) is 6.60. The number of aromatic carboxylic acids is 1. The lowest BCUT2D eigenvalue weighted by Crippen LogP contribution is -2.00. The van der Waals surface area contributed by atoms with Crippen molar-refractivity contribution in [3.8, 4) is 11.1 Å². The van der Waals surface area contributed by atoms with Crippen LogP contribution in [0.25, 0.3) is 22.2 Å². The topological polar surface area (TPSA) is 96.2 Å². The van der Waals surface area contributed by atoms with Crippen molar-refractivity contribution >= 4 is 17.1 Å². The second-order valence-corrected chi connectivity index (χ2v) is 3.95. The molecule has 2 aromatic heterocycles. The molecule has 0 aliphatic carbocycles. The van der Waals surface area contributed by atoms with Gasteiger partial charge in [-0.3, -0.25) is 9.97 Å². The number of nitrogens with zero attached hydrogens (tertiary/aromatic N) is 1. The van der Waals surface area contributed by atoms with Crippen LogP contribution < -0.4 is 5.76 Å². The molecule has 0 atom stereocenters. The zero-order valence-electron chi connectivity index (χ0n) is 9.58. The Morgan fingerprint density at radius 2 is 2.16 bits per heavy atom. The molecule has 6 nitrogen and oxygen atoms in total. The second-order valence-electron chi connectivity index (χ2n) is 3.95. The first kappa shape index (κ1) is 11.2. The smallest absolute Gasteiger partial charge is 0.417 e. The van der Waals surface area contributed by atoms with Crippen molar-refractivity contribution in [1.29, 1.82) is 0 Å². The number of nitrogens with one attached hydrogen (secondary N) is 1. The number of aromatic nitrogens is 2. The van der Waals surface area contributed by atoms with Gasteiger partial charge in [-0.25, -0.2) is 9.59 Å². The molecule has 0 radical (unpaired) electrons. The number of fused-ring (bicyclic) bond motifs is 1. The van der Waals surface area contributed by atoms with Crippen LogP contribution in [0, 0.1) is 0 Å². The third-order valence-electron chi connectivity index (χ3n) is 2.78. The Hall–Kier alpha value is -2.89. The molecule has 0 spiro atoms. The lowest BCUT2D eigenvalue weighted by atomic mass is 10.0. The maximum atomic E-state index is 11.1. The normalized spacial score (nSPS) is 10.7. The van der Waals surface area contributed by atoms with Crippen molar-refractivity contribution in [2.45, 2.75) is 0 Å². The minimum atomic E-state index is -1.05. The molecule has 94 valence electrons. The average Bonchev–Trinajstić information content (AvgIpc) is 2.77. The number of pyridine rings is 1. The Labute approximate surface area is 106 Å². The highest BCUT2D eigenvalue weighted by Gasteiger charge is 2.12. The van der Waals surface area contributed by atoms with Crippen molar-refractivity contribution < 1.29 is 14.3 Å². The summed E-state index contributed by atoms with van der Waals surface area (Å²) < 4.78 is 4.90. The minimum absolute atomic E-state index is 0.104. The molecule has 1 aromatic carbocycles. The fraction of sp³-hybridized carbons (Fsp3) is 0. The summed E-state index contributed by atoms with van der Waals surface area (Å²) in [5, 5.41) is 9.13. The van der Waals surface area contributed by atoms with E-state index in [9.17, 15) is 9.59 Å². The molecule has 0 aliphatic rings. The van der Waals surface area contributed by atoms with E-state index < -0.39 is 11.7 Å². The van der Waals surface area contributed by atoms with Crippen molar-refractivity contribution in [2.75, 3.05) is 0 Å². The zero-order valence-corrected chi connectivity index (χ0v) is 9.58. The highest BCUT2D eigenvalue weighted by atomic mass is 16.4. The van der Waals surface area contributed by atoms with E-state index >= 15 is 0 Å². The number of H-pyrrole nitrogens is 1. The highest BCUT2D eigenvalue weighted by molar-refractivity contribution is 5.96. The fourth-order valence-corrected chi connectivity index (χ4v) is 1.94. The molecule has 0 saturated carbocycles. The van der Waals surface area contributed by atoms with Crippen LogP contribution in [0.3, 0.4) is 0 Å². The van der Waals surface area contributed by atoms with Gasteiger partial charge in [0.1, 0.15) is 0 Å². The molecular formula is C13H8N2O4. The number of benzene rings is 1. The molecule has 2 heterocycles. The van der Waals surface area contributed by atoms with Gasteiger partial charge in [0.2, 0.25) is 0 Å². The summed E-state index contributed by atoms with van der Waals surface area (Å²) in [4.78, 5) is 28.6. The van der Waals surface area contributed by atoms with E-state index in [4.69, 9.17) is 9.52 Å². The largest absolute Gasteiger partial charge is 0.478 e. The summed E-state index contributed by atoms with van der Waals surface area (Å²) in [7, 11) is 0. The molecule has 0 saturated heterocycles. The SMILES string of the molecule is O=C(O)c1cnccc1-c1ccc2oc(=O)[nH]c2c1. The molecule has 2 N–H and O–H groups in total. The summed E-state index contributed by atoms with van der Waals surface area (Å²) in [6.07, 6.45) is 2.81. The second kappa shape index (κ2) is 4.09. The summed E-state index contributed by atoms with van der Waals surface area (Å²) in [5.41, 5.74) is 2.26. The van der Waals surface area contributed by atoms with Crippen molar-refractivity contribution in [1.82, 2.24) is 9.97 Å². The lowest BCUT2D eigenvalue weighted by molar-refractivity contribution is 0.0697. The number of rotatable bonds is 2. The molecule has 19 heavy (non-hydrogen) atoms. The third-order valence-corrected chi connectivity index (χ3v) is 2.78. The van der Waals surface area contributed by atoms with E-state index in [1.165, 1.54) is 12.4 Å². The number of aromatic amines is 1. The predicted octanol–water partition coefficient (Wildman–Crippen LogP) is 1.88. The number of carboxylic acid groups (broad SMARTS) is 1. The Bertz CT molecular complexity index is 832. The highest BCUT2D eigenvalue weighted by Crippen LogP contribution is 2.25. The van der Waals surface area contributed by atoms with Crippen LogP contribution in [0.1, 0.15) is 10.4 Å². The molecule has 3 rings (SSSR count). The van der Waals surface area contributed by atoms with Gasteiger partial charge in [-0.05, 0) is 29.3 Å². The maximum absolute atomic E-state index is 11.1. The van der Waals surface area contributed by atoms with Crippen LogP contribution in [-0.4, -0.2) is 21.0 Å². The van der Waals surface area contributed by atoms with E-state index in [2.05, 4.69) is 9.97 Å². The Morgan fingerprint density at radius 3 is 2.95 bits per heavy atom. The molecular weight excluding hydrogens is 248 g/mol. The predicted molar refractivity (Wildman–Crippen MR) is 67.0 cm³/mol. The quantitative estimate of drug-likeness (QED) is 0.729. The molecule has 3 aromatic rings. The van der Waals surface area contributed by atoms with E-state index in [1.807, 2.05) is 0 Å². The minimum Gasteiger partial charge on any atom is -0.478 e. The van der Waals surface area contributed by atoms with E-state index in [1.54, 1.807) is 24.3 Å². The van der Waals surface area contributed by atoms with Crippen LogP contribution >= 0.6 is 0 Å². The van der Waals surface area contributed by atoms with Gasteiger partial charge in [0, 0.05) is 12.4 Å². The van der Waals surface area contributed by atoms with Crippen molar-refractivity contribution in [3.63, 3.8) is 0 Å². The number of hydrogen-bond donors (Lipinski definition) is 2. The van der Waals surface area contributed by atoms with Crippen molar-refractivity contribution in [2.24, 2.45) is 0 Å². The van der Waals surface area contributed by atoms with Gasteiger partial charge in [-0.1, -0.05) is 6.07 Å². The average molecular weight is 256 g/mol. The standard InChI is InChI=1S/C13H8N2O4/c16-12(17)9-6-14-4-3-8(9)7-1-2-11-10(5-7)15-13(18)19-11/h1-6H,(H,15,18)(H,16,17). The monoisotopic (exact) mass is 256 g/mol. The van der Waals surface area contributed by atoms with Gasteiger partial charge in [0.05, 0.1) is 11.1 Å². The van der Waals surface area contributed by atoms with Gasteiger partial charge < -0.3 is 9.52 Å². The first-order valence-corrected chi connectivity index (χ1v) is 5.46. The Kier molecular flexibility index (Phi) is 2.42. The summed E-state index contributed by atoms with van der Waals surface area (Å²) >= 11 is 0. The number of hydrogen-bond acceptors (Lipinski definition) is 4. The van der Waals surface area contributed by atoms with E-state index in [0.29, 0.717) is 22.2 Å². The number of carbonyl (C=O) groups is 1. The zero-order chi connectivity index (χ0) is 13.4. The number of oxazole rings is 1. The Balaban J connectivity index is 2.24. The first-order valence-electron chi connectivity index (χ1n) is 5.46. The Morgan fingerprint density at radius 1 is 1.32 bits per heavy atom. The van der Waals surface area contributed by atoms with Gasteiger partial charge in [-0.15, -0.1) is 0 Å². The van der Waals surface area contributed by atoms with Crippen LogP contribution in [0.4, 0.5) is 0 Å². The third kappa shape index (κ3) is 1.89. The van der Waals surface area contributed by atoms with Gasteiger partial charge >= 0.3 is 11.7 Å². The molecule has 0 fully saturated rings. The first-order chi connectivity index (χ1) is 9.15. The summed E-state index contributed by atoms with van der Waals surface area (Å²) in [6.45, 7) is 0. The van der Waals surface area contributed by atoms with E-state index in [-0.39, 0.29) is 5.56 Å². The van der Waals surface area contributed by atoms with Crippen LogP contribution in [0.15, 0.2) is 45.9 Å². The van der Waals surface area contributed by atoms with Gasteiger partial charge in [-0.2, -0.15) is 0 Å². The molecule has 0 amide bonds. The van der Waals surface area contributed by atoms with E-state index in [0.717, 1.165) is 0 Å². The van der Waals surface area contributed by atoms with Crippen LogP contribution in [0.2, 0.25) is 0 Å². The maximum Gasteiger partial charge on any atom is 0.417 e. The van der Waals surface area contributed by atoms with Crippen LogP contribution in [0.5, 0.6) is 0 Å². The van der Waals surface area contributed by atoms with Crippen LogP contribution in [-0.2, 0) is 0 Å². The number of carboxylic acids is 1.